The van der Waals surface area contributed by atoms with E-state index in [-0.39, 0.29) is 33.7 Å². The lowest BCUT2D eigenvalue weighted by atomic mass is 9.92. The van der Waals surface area contributed by atoms with Crippen molar-refractivity contribution in [3.8, 4) is 11.1 Å². The summed E-state index contributed by atoms with van der Waals surface area (Å²) in [7, 11) is 0. The fourth-order valence-corrected chi connectivity index (χ4v) is 3.51. The molecule has 0 saturated carbocycles. The zero-order valence-corrected chi connectivity index (χ0v) is 16.3. The average molecular weight is 431 g/mol. The normalized spacial score (nSPS) is 12.7. The number of benzene rings is 3. The number of nitro groups is 1. The molecule has 8 nitrogen and oxygen atoms in total. The molecule has 0 unspecified atom stereocenters. The predicted octanol–water partition coefficient (Wildman–Crippen LogP) is 3.87. The summed E-state index contributed by atoms with van der Waals surface area (Å²) in [5.41, 5.74) is 4.94. The number of amides is 1. The number of ketones is 2. The first kappa shape index (κ1) is 20.6. The summed E-state index contributed by atoms with van der Waals surface area (Å²) in [6.45, 7) is 0. The quantitative estimate of drug-likeness (QED) is 0.465. The highest BCUT2D eigenvalue weighted by Gasteiger charge is 2.26. The monoisotopic (exact) mass is 431 g/mol. The number of carbonyl (C=O) groups excluding carboxylic acids is 3. The van der Waals surface area contributed by atoms with Gasteiger partial charge in [0, 0.05) is 34.5 Å². The molecule has 1 amide bonds. The van der Waals surface area contributed by atoms with E-state index >= 15 is 0 Å². The van der Waals surface area contributed by atoms with Crippen LogP contribution in [0, 0.1) is 15.9 Å². The lowest BCUT2D eigenvalue weighted by Gasteiger charge is -2.17. The minimum atomic E-state index is -1.21. The Labute approximate surface area is 180 Å². The van der Waals surface area contributed by atoms with Gasteiger partial charge in [0.1, 0.15) is 0 Å². The SMILES string of the molecule is NC(=O)c1ccc([N+](=O)[O-])c(F)c1-c1cccc(NC2=CC(=O)c3ccccc3C2=O)c1. The van der Waals surface area contributed by atoms with Crippen molar-refractivity contribution in [2.75, 3.05) is 5.32 Å². The topological polar surface area (TPSA) is 132 Å². The first-order chi connectivity index (χ1) is 15.3. The molecule has 32 heavy (non-hydrogen) atoms. The van der Waals surface area contributed by atoms with Gasteiger partial charge in [-0.15, -0.1) is 0 Å². The molecule has 0 saturated heterocycles. The number of allylic oxidation sites excluding steroid dienone is 2. The van der Waals surface area contributed by atoms with Crippen LogP contribution in [0.15, 0.2) is 72.4 Å². The standard InChI is InChI=1S/C23H14FN3O5/c24-21-18(27(31)32)9-8-16(23(25)30)20(21)12-4-3-5-13(10-12)26-17-11-19(28)14-6-1-2-7-15(14)22(17)29/h1-11,26H,(H2,25,30). The van der Waals surface area contributed by atoms with Gasteiger partial charge in [-0.05, 0) is 23.8 Å². The largest absolute Gasteiger partial charge is 0.366 e. The number of rotatable bonds is 5. The Morgan fingerprint density at radius 3 is 2.41 bits per heavy atom. The molecule has 0 heterocycles. The van der Waals surface area contributed by atoms with E-state index in [9.17, 15) is 28.9 Å². The van der Waals surface area contributed by atoms with Crippen LogP contribution in [-0.4, -0.2) is 22.4 Å². The maximum Gasteiger partial charge on any atom is 0.305 e. The summed E-state index contributed by atoms with van der Waals surface area (Å²) in [5, 5.41) is 14.0. The minimum absolute atomic E-state index is 0.0143. The third kappa shape index (κ3) is 3.52. The smallest absolute Gasteiger partial charge is 0.305 e. The molecule has 0 aromatic heterocycles. The highest BCUT2D eigenvalue weighted by atomic mass is 19.1. The van der Waals surface area contributed by atoms with Gasteiger partial charge in [0.2, 0.25) is 17.5 Å². The van der Waals surface area contributed by atoms with Crippen molar-refractivity contribution < 1.29 is 23.7 Å². The van der Waals surface area contributed by atoms with Crippen molar-refractivity contribution in [1.29, 1.82) is 0 Å². The highest BCUT2D eigenvalue weighted by molar-refractivity contribution is 6.25. The number of nitrogens with zero attached hydrogens (tertiary/aromatic N) is 1. The Morgan fingerprint density at radius 2 is 1.72 bits per heavy atom. The molecule has 0 radical (unpaired) electrons. The molecule has 4 rings (SSSR count). The summed E-state index contributed by atoms with van der Waals surface area (Å²) in [6.07, 6.45) is 1.17. The Balaban J connectivity index is 1.76. The number of fused-ring (bicyclic) bond motifs is 1. The lowest BCUT2D eigenvalue weighted by molar-refractivity contribution is -0.387. The van der Waals surface area contributed by atoms with Gasteiger partial charge in [0.05, 0.1) is 16.2 Å². The number of nitrogens with two attached hydrogens (primary N) is 1. The van der Waals surface area contributed by atoms with Gasteiger partial charge in [0.15, 0.2) is 5.78 Å². The first-order valence-corrected chi connectivity index (χ1v) is 9.32. The van der Waals surface area contributed by atoms with E-state index in [1.54, 1.807) is 24.3 Å². The molecular formula is C23H14FN3O5. The average Bonchev–Trinajstić information content (AvgIpc) is 2.77. The molecule has 0 spiro atoms. The second kappa shape index (κ2) is 7.88. The summed E-state index contributed by atoms with van der Waals surface area (Å²) < 4.78 is 14.9. The third-order valence-electron chi connectivity index (χ3n) is 4.97. The molecule has 0 fully saturated rings. The van der Waals surface area contributed by atoms with E-state index in [0.29, 0.717) is 11.3 Å². The minimum Gasteiger partial charge on any atom is -0.366 e. The van der Waals surface area contributed by atoms with Crippen molar-refractivity contribution in [1.82, 2.24) is 0 Å². The van der Waals surface area contributed by atoms with Gasteiger partial charge in [-0.1, -0.05) is 36.4 Å². The van der Waals surface area contributed by atoms with Crippen LogP contribution in [0.4, 0.5) is 15.8 Å². The molecular weight excluding hydrogens is 417 g/mol. The number of hydrogen-bond acceptors (Lipinski definition) is 6. The van der Waals surface area contributed by atoms with Crippen LogP contribution in [0.25, 0.3) is 11.1 Å². The zero-order valence-electron chi connectivity index (χ0n) is 16.3. The Morgan fingerprint density at radius 1 is 1.00 bits per heavy atom. The van der Waals surface area contributed by atoms with Gasteiger partial charge >= 0.3 is 5.69 Å². The van der Waals surface area contributed by atoms with Gasteiger partial charge in [-0.2, -0.15) is 4.39 Å². The van der Waals surface area contributed by atoms with Crippen LogP contribution >= 0.6 is 0 Å². The van der Waals surface area contributed by atoms with Crippen molar-refractivity contribution in [3.63, 3.8) is 0 Å². The Kier molecular flexibility index (Phi) is 5.07. The highest BCUT2D eigenvalue weighted by Crippen LogP contribution is 2.34. The number of hydrogen-bond donors (Lipinski definition) is 2. The molecule has 9 heteroatoms. The molecule has 3 N–H and O–H groups in total. The number of carbonyl (C=O) groups is 3. The second-order valence-electron chi connectivity index (χ2n) is 6.95. The zero-order chi connectivity index (χ0) is 23.0. The van der Waals surface area contributed by atoms with E-state index < -0.39 is 28.1 Å². The number of anilines is 1. The van der Waals surface area contributed by atoms with Crippen molar-refractivity contribution in [2.24, 2.45) is 5.73 Å². The molecule has 1 aliphatic carbocycles. The molecule has 0 atom stereocenters. The van der Waals surface area contributed by atoms with Crippen LogP contribution in [0.2, 0.25) is 0 Å². The predicted molar refractivity (Wildman–Crippen MR) is 114 cm³/mol. The van der Waals surface area contributed by atoms with Gasteiger partial charge in [0.25, 0.3) is 0 Å². The van der Waals surface area contributed by atoms with E-state index in [4.69, 9.17) is 5.73 Å². The second-order valence-corrected chi connectivity index (χ2v) is 6.95. The van der Waals surface area contributed by atoms with Crippen LogP contribution < -0.4 is 11.1 Å². The van der Waals surface area contributed by atoms with Gasteiger partial charge in [-0.25, -0.2) is 0 Å². The van der Waals surface area contributed by atoms with Gasteiger partial charge < -0.3 is 11.1 Å². The fraction of sp³-hybridized carbons (Fsp3) is 0. The maximum absolute atomic E-state index is 14.9. The van der Waals surface area contributed by atoms with E-state index in [0.717, 1.165) is 12.1 Å². The van der Waals surface area contributed by atoms with E-state index in [1.165, 1.54) is 30.3 Å². The summed E-state index contributed by atoms with van der Waals surface area (Å²) in [6, 6.07) is 14.3. The van der Waals surface area contributed by atoms with Crippen LogP contribution in [0.3, 0.4) is 0 Å². The van der Waals surface area contributed by atoms with E-state index in [1.807, 2.05) is 0 Å². The Bertz CT molecular complexity index is 1360. The number of nitrogens with one attached hydrogen (secondary N) is 1. The third-order valence-corrected chi connectivity index (χ3v) is 4.97. The number of Topliss-reactive ketones (excluding diaryl/α,β-unsaturated/α-hetero) is 1. The molecule has 0 aliphatic heterocycles. The first-order valence-electron chi connectivity index (χ1n) is 9.32. The van der Waals surface area contributed by atoms with Gasteiger partial charge in [-0.3, -0.25) is 24.5 Å². The summed E-state index contributed by atoms with van der Waals surface area (Å²) in [4.78, 5) is 47.2. The van der Waals surface area contributed by atoms with Crippen LogP contribution in [-0.2, 0) is 0 Å². The maximum atomic E-state index is 14.9. The van der Waals surface area contributed by atoms with Crippen molar-refractivity contribution in [2.45, 2.75) is 0 Å². The molecule has 3 aromatic rings. The lowest BCUT2D eigenvalue weighted by Crippen LogP contribution is -2.21. The van der Waals surface area contributed by atoms with Crippen molar-refractivity contribution in [3.05, 3.63) is 105 Å². The number of primary amides is 1. The molecule has 158 valence electrons. The molecule has 0 bridgehead atoms. The fourth-order valence-electron chi connectivity index (χ4n) is 3.51. The Hall–Kier alpha value is -4.66. The van der Waals surface area contributed by atoms with Crippen LogP contribution in [0.1, 0.15) is 31.1 Å². The number of nitro benzene ring substituents is 1. The van der Waals surface area contributed by atoms with Crippen molar-refractivity contribution >= 4 is 28.8 Å². The summed E-state index contributed by atoms with van der Waals surface area (Å²) in [5.74, 6) is -2.91. The van der Waals surface area contributed by atoms with Crippen LogP contribution in [0.5, 0.6) is 0 Å². The number of halogens is 1. The summed E-state index contributed by atoms with van der Waals surface area (Å²) >= 11 is 0. The van der Waals surface area contributed by atoms with E-state index in [2.05, 4.69) is 5.32 Å². The molecule has 3 aromatic carbocycles. The molecule has 1 aliphatic rings.